The number of amides is 2. The van der Waals surface area contributed by atoms with Gasteiger partial charge in [0.2, 0.25) is 0 Å². The van der Waals surface area contributed by atoms with Crippen molar-refractivity contribution in [1.82, 2.24) is 15.6 Å². The molecule has 1 aromatic carbocycles. The van der Waals surface area contributed by atoms with E-state index < -0.39 is 29.8 Å². The monoisotopic (exact) mass is 471 g/mol. The number of carbonyl (C=O) groups excluding carboxylic acids is 2. The molecule has 0 aliphatic carbocycles. The summed E-state index contributed by atoms with van der Waals surface area (Å²) in [5.41, 5.74) is 0. The number of ether oxygens (including phenoxy) is 2. The molecule has 1 heterocycles. The molecule has 0 aliphatic heterocycles. The largest absolute Gasteiger partial charge is 0.484 e. The summed E-state index contributed by atoms with van der Waals surface area (Å²) in [6.45, 7) is 4.88. The summed E-state index contributed by atoms with van der Waals surface area (Å²) in [6.07, 6.45) is 2.32. The standard InChI is InChI=1S/C20H23ClFN3O5S/c1-3-13(25-19(28)11-30-20-24-8-12(2)31-20)6-14(26)9-23-18(27)10-29-15-4-5-16(21)17(22)7-15/h3-5,7-8,13-14,26H,1,6,9-11H2,2H3,(H,23,27)(H,25,28)/t13?,14-/m0/s1. The number of hydrogen-bond acceptors (Lipinski definition) is 7. The molecule has 2 amide bonds. The van der Waals surface area contributed by atoms with Gasteiger partial charge in [0.15, 0.2) is 13.2 Å². The van der Waals surface area contributed by atoms with E-state index in [0.717, 1.165) is 10.9 Å². The molecule has 11 heteroatoms. The van der Waals surface area contributed by atoms with E-state index >= 15 is 0 Å². The molecule has 2 atom stereocenters. The number of thiazole rings is 1. The van der Waals surface area contributed by atoms with Crippen LogP contribution in [0.15, 0.2) is 37.1 Å². The first-order valence-electron chi connectivity index (χ1n) is 9.26. The highest BCUT2D eigenvalue weighted by molar-refractivity contribution is 7.13. The first-order chi connectivity index (χ1) is 14.8. The van der Waals surface area contributed by atoms with Crippen molar-refractivity contribution in [3.8, 4) is 10.9 Å². The molecule has 3 N–H and O–H groups in total. The molecule has 2 aromatic rings. The molecule has 0 aliphatic rings. The summed E-state index contributed by atoms with van der Waals surface area (Å²) in [6, 6.07) is 3.31. The Morgan fingerprint density at radius 1 is 1.35 bits per heavy atom. The predicted molar refractivity (Wildman–Crippen MR) is 115 cm³/mol. The van der Waals surface area contributed by atoms with Crippen LogP contribution in [0.1, 0.15) is 11.3 Å². The number of aliphatic hydroxyl groups excluding tert-OH is 1. The lowest BCUT2D eigenvalue weighted by atomic mass is 10.1. The van der Waals surface area contributed by atoms with Crippen LogP contribution in [-0.4, -0.2) is 53.8 Å². The zero-order valence-electron chi connectivity index (χ0n) is 16.8. The van der Waals surface area contributed by atoms with Crippen molar-refractivity contribution in [1.29, 1.82) is 0 Å². The van der Waals surface area contributed by atoms with Crippen molar-refractivity contribution >= 4 is 34.8 Å². The Morgan fingerprint density at radius 2 is 2.10 bits per heavy atom. The summed E-state index contributed by atoms with van der Waals surface area (Å²) in [4.78, 5) is 28.8. The van der Waals surface area contributed by atoms with E-state index in [1.807, 2.05) is 6.92 Å². The van der Waals surface area contributed by atoms with E-state index in [9.17, 15) is 19.1 Å². The van der Waals surface area contributed by atoms with E-state index in [1.165, 1.54) is 29.5 Å². The van der Waals surface area contributed by atoms with Gasteiger partial charge in [0.05, 0.1) is 11.1 Å². The van der Waals surface area contributed by atoms with E-state index in [4.69, 9.17) is 21.1 Å². The van der Waals surface area contributed by atoms with Crippen molar-refractivity contribution in [2.75, 3.05) is 19.8 Å². The van der Waals surface area contributed by atoms with Gasteiger partial charge in [-0.15, -0.1) is 6.58 Å². The van der Waals surface area contributed by atoms with E-state index in [-0.39, 0.29) is 37.0 Å². The van der Waals surface area contributed by atoms with Crippen molar-refractivity contribution < 1.29 is 28.6 Å². The average Bonchev–Trinajstić information content (AvgIpc) is 3.16. The van der Waals surface area contributed by atoms with E-state index in [0.29, 0.717) is 5.19 Å². The van der Waals surface area contributed by atoms with Crippen LogP contribution in [0.4, 0.5) is 4.39 Å². The third-order valence-corrected chi connectivity index (χ3v) is 5.01. The van der Waals surface area contributed by atoms with Crippen molar-refractivity contribution in [2.24, 2.45) is 0 Å². The second-order valence-electron chi connectivity index (χ2n) is 6.49. The summed E-state index contributed by atoms with van der Waals surface area (Å²) in [5, 5.41) is 15.6. The minimum atomic E-state index is -0.942. The lowest BCUT2D eigenvalue weighted by Crippen LogP contribution is -2.42. The van der Waals surface area contributed by atoms with Crippen LogP contribution in [-0.2, 0) is 9.59 Å². The number of aliphatic hydroxyl groups is 1. The fourth-order valence-electron chi connectivity index (χ4n) is 2.37. The first kappa shape index (κ1) is 24.6. The molecular formula is C20H23ClFN3O5S. The summed E-state index contributed by atoms with van der Waals surface area (Å²) >= 11 is 6.91. The highest BCUT2D eigenvalue weighted by atomic mass is 35.5. The Bertz CT molecular complexity index is 911. The first-order valence-corrected chi connectivity index (χ1v) is 10.5. The van der Waals surface area contributed by atoms with Gasteiger partial charge in [0, 0.05) is 29.7 Å². The average molecular weight is 472 g/mol. The van der Waals surface area contributed by atoms with Crippen LogP contribution in [0.5, 0.6) is 10.9 Å². The molecular weight excluding hydrogens is 449 g/mol. The van der Waals surface area contributed by atoms with Crippen molar-refractivity contribution in [3.05, 3.63) is 52.8 Å². The van der Waals surface area contributed by atoms with Crippen LogP contribution >= 0.6 is 22.9 Å². The minimum Gasteiger partial charge on any atom is -0.484 e. The van der Waals surface area contributed by atoms with Gasteiger partial charge in [-0.3, -0.25) is 9.59 Å². The topological polar surface area (TPSA) is 110 Å². The fraction of sp³-hybridized carbons (Fsp3) is 0.350. The van der Waals surface area contributed by atoms with E-state index in [2.05, 4.69) is 22.2 Å². The lowest BCUT2D eigenvalue weighted by Gasteiger charge is -2.19. The molecule has 0 bridgehead atoms. The van der Waals surface area contributed by atoms with Gasteiger partial charge in [0.25, 0.3) is 17.0 Å². The van der Waals surface area contributed by atoms with Crippen molar-refractivity contribution in [3.63, 3.8) is 0 Å². The number of rotatable bonds is 12. The summed E-state index contributed by atoms with van der Waals surface area (Å²) in [5.74, 6) is -1.39. The Hall–Kier alpha value is -2.69. The fourth-order valence-corrected chi connectivity index (χ4v) is 3.09. The van der Waals surface area contributed by atoms with Crippen LogP contribution in [0.3, 0.4) is 0 Å². The number of carbonyl (C=O) groups is 2. The predicted octanol–water partition coefficient (Wildman–Crippen LogP) is 2.24. The van der Waals surface area contributed by atoms with Gasteiger partial charge in [-0.2, -0.15) is 0 Å². The second kappa shape index (κ2) is 12.2. The van der Waals surface area contributed by atoms with Crippen LogP contribution in [0, 0.1) is 12.7 Å². The molecule has 1 unspecified atom stereocenters. The maximum absolute atomic E-state index is 13.3. The maximum atomic E-state index is 13.3. The van der Waals surface area contributed by atoms with Gasteiger partial charge >= 0.3 is 0 Å². The van der Waals surface area contributed by atoms with Gasteiger partial charge in [-0.1, -0.05) is 29.0 Å². The molecule has 168 valence electrons. The number of aryl methyl sites for hydroxylation is 1. The van der Waals surface area contributed by atoms with Crippen LogP contribution in [0.2, 0.25) is 5.02 Å². The zero-order chi connectivity index (χ0) is 22.8. The third-order valence-electron chi connectivity index (χ3n) is 3.88. The summed E-state index contributed by atoms with van der Waals surface area (Å²) in [7, 11) is 0. The zero-order valence-corrected chi connectivity index (χ0v) is 18.3. The molecule has 0 fully saturated rings. The Labute approximate surface area is 188 Å². The number of benzene rings is 1. The minimum absolute atomic E-state index is 0.0476. The SMILES string of the molecule is C=CC(C[C@H](O)CNC(=O)COc1ccc(Cl)c(F)c1)NC(=O)COc1ncc(C)s1. The number of nitrogens with one attached hydrogen (secondary N) is 2. The molecule has 1 aromatic heterocycles. The lowest BCUT2D eigenvalue weighted by molar-refractivity contribution is -0.124. The number of halogens is 2. The highest BCUT2D eigenvalue weighted by Crippen LogP contribution is 2.20. The number of nitrogens with zero attached hydrogens (tertiary/aromatic N) is 1. The van der Waals surface area contributed by atoms with Crippen LogP contribution < -0.4 is 20.1 Å². The van der Waals surface area contributed by atoms with Gasteiger partial charge in [-0.05, 0) is 25.5 Å². The molecule has 0 radical (unpaired) electrons. The molecule has 31 heavy (non-hydrogen) atoms. The normalized spacial score (nSPS) is 12.5. The van der Waals surface area contributed by atoms with E-state index in [1.54, 1.807) is 6.20 Å². The highest BCUT2D eigenvalue weighted by Gasteiger charge is 2.16. The Kier molecular flexibility index (Phi) is 9.70. The smallest absolute Gasteiger partial charge is 0.273 e. The second-order valence-corrected chi connectivity index (χ2v) is 8.10. The molecule has 0 saturated heterocycles. The van der Waals surface area contributed by atoms with Gasteiger partial charge in [-0.25, -0.2) is 9.37 Å². The maximum Gasteiger partial charge on any atom is 0.273 e. The molecule has 8 nitrogen and oxygen atoms in total. The van der Waals surface area contributed by atoms with Crippen molar-refractivity contribution in [2.45, 2.75) is 25.5 Å². The van der Waals surface area contributed by atoms with Crippen LogP contribution in [0.25, 0.3) is 0 Å². The third kappa shape index (κ3) is 8.91. The molecule has 0 spiro atoms. The Morgan fingerprint density at radius 3 is 2.74 bits per heavy atom. The van der Waals surface area contributed by atoms with Gasteiger partial charge in [0.1, 0.15) is 11.6 Å². The molecule has 2 rings (SSSR count). The quantitative estimate of drug-likeness (QED) is 0.409. The summed E-state index contributed by atoms with van der Waals surface area (Å²) < 4.78 is 23.8. The van der Waals surface area contributed by atoms with Gasteiger partial charge < -0.3 is 25.2 Å². The number of aromatic nitrogens is 1. The number of hydrogen-bond donors (Lipinski definition) is 3. The Balaban J connectivity index is 1.67. The molecule has 0 saturated carbocycles.